The predicted molar refractivity (Wildman–Crippen MR) is 93.7 cm³/mol. The molecular weight excluding hydrogens is 308 g/mol. The molecule has 0 spiro atoms. The summed E-state index contributed by atoms with van der Waals surface area (Å²) in [6.45, 7) is 2.36. The van der Waals surface area contributed by atoms with E-state index in [0.717, 1.165) is 15.8 Å². The number of benzene rings is 2. The van der Waals surface area contributed by atoms with Gasteiger partial charge >= 0.3 is 4.87 Å². The highest BCUT2D eigenvalue weighted by atomic mass is 32.1. The minimum atomic E-state index is -0.0523. The summed E-state index contributed by atoms with van der Waals surface area (Å²) in [6, 6.07) is 17.5. The molecule has 3 rings (SSSR count). The van der Waals surface area contributed by atoms with Crippen LogP contribution in [-0.2, 0) is 11.3 Å². The molecule has 2 aromatic carbocycles. The van der Waals surface area contributed by atoms with Crippen molar-refractivity contribution in [2.45, 2.75) is 25.9 Å². The van der Waals surface area contributed by atoms with Crippen molar-refractivity contribution < 1.29 is 4.79 Å². The van der Waals surface area contributed by atoms with Gasteiger partial charge in [0, 0.05) is 13.0 Å². The second-order valence-electron chi connectivity index (χ2n) is 5.44. The van der Waals surface area contributed by atoms with Gasteiger partial charge in [0.2, 0.25) is 5.91 Å². The minimum Gasteiger partial charge on any atom is -0.350 e. The molecule has 1 unspecified atom stereocenters. The number of carbonyl (C=O) groups is 1. The van der Waals surface area contributed by atoms with Crippen molar-refractivity contribution in [1.29, 1.82) is 0 Å². The zero-order chi connectivity index (χ0) is 16.2. The molecule has 0 aliphatic rings. The van der Waals surface area contributed by atoms with Crippen LogP contribution in [0.4, 0.5) is 0 Å². The molecule has 0 saturated carbocycles. The van der Waals surface area contributed by atoms with Crippen molar-refractivity contribution in [1.82, 2.24) is 9.88 Å². The van der Waals surface area contributed by atoms with Crippen LogP contribution in [0.1, 0.15) is 24.9 Å². The van der Waals surface area contributed by atoms with Crippen LogP contribution in [0.15, 0.2) is 59.4 Å². The van der Waals surface area contributed by atoms with E-state index in [0.29, 0.717) is 6.54 Å². The average Bonchev–Trinajstić information content (AvgIpc) is 2.89. The maximum absolute atomic E-state index is 12.1. The Morgan fingerprint density at radius 3 is 2.61 bits per heavy atom. The molecule has 0 saturated heterocycles. The SMILES string of the molecule is CC(NC(=O)CCn1c(=O)sc2ccccc21)c1ccccc1. The third kappa shape index (κ3) is 3.51. The fourth-order valence-electron chi connectivity index (χ4n) is 2.58. The molecule has 118 valence electrons. The number of hydrogen-bond donors (Lipinski definition) is 1. The Kier molecular flexibility index (Phi) is 4.57. The van der Waals surface area contributed by atoms with Crippen LogP contribution in [-0.4, -0.2) is 10.5 Å². The molecule has 1 atom stereocenters. The summed E-state index contributed by atoms with van der Waals surface area (Å²) in [5.41, 5.74) is 1.96. The van der Waals surface area contributed by atoms with Gasteiger partial charge in [0.05, 0.1) is 16.3 Å². The van der Waals surface area contributed by atoms with Crippen molar-refractivity contribution in [2.24, 2.45) is 0 Å². The maximum Gasteiger partial charge on any atom is 0.308 e. The number of rotatable bonds is 5. The first kappa shape index (κ1) is 15.5. The second-order valence-corrected chi connectivity index (χ2v) is 6.43. The molecule has 1 N–H and O–H groups in total. The van der Waals surface area contributed by atoms with Crippen LogP contribution in [0.5, 0.6) is 0 Å². The van der Waals surface area contributed by atoms with E-state index in [1.165, 1.54) is 11.3 Å². The van der Waals surface area contributed by atoms with E-state index in [-0.39, 0.29) is 23.2 Å². The van der Waals surface area contributed by atoms with Crippen molar-refractivity contribution in [3.63, 3.8) is 0 Å². The van der Waals surface area contributed by atoms with Gasteiger partial charge in [-0.2, -0.15) is 0 Å². The first-order valence-electron chi connectivity index (χ1n) is 7.58. The van der Waals surface area contributed by atoms with Gasteiger partial charge in [-0.3, -0.25) is 14.2 Å². The van der Waals surface area contributed by atoms with Crippen LogP contribution in [0.2, 0.25) is 0 Å². The number of nitrogens with zero attached hydrogens (tertiary/aromatic N) is 1. The Bertz CT molecular complexity index is 867. The Balaban J connectivity index is 1.65. The number of nitrogens with one attached hydrogen (secondary N) is 1. The molecule has 0 aliphatic carbocycles. The van der Waals surface area contributed by atoms with E-state index in [2.05, 4.69) is 5.32 Å². The van der Waals surface area contributed by atoms with E-state index in [9.17, 15) is 9.59 Å². The lowest BCUT2D eigenvalue weighted by molar-refractivity contribution is -0.121. The van der Waals surface area contributed by atoms with E-state index >= 15 is 0 Å². The van der Waals surface area contributed by atoms with E-state index in [1.54, 1.807) is 4.57 Å². The molecule has 5 heteroatoms. The Labute approximate surface area is 138 Å². The molecule has 0 fully saturated rings. The van der Waals surface area contributed by atoms with Crippen LogP contribution in [0, 0.1) is 0 Å². The van der Waals surface area contributed by atoms with Gasteiger partial charge < -0.3 is 5.32 Å². The fourth-order valence-corrected chi connectivity index (χ4v) is 3.50. The summed E-state index contributed by atoms with van der Waals surface area (Å²) in [5, 5.41) is 2.98. The topological polar surface area (TPSA) is 51.1 Å². The lowest BCUT2D eigenvalue weighted by Gasteiger charge is -2.14. The van der Waals surface area contributed by atoms with Crippen LogP contribution >= 0.6 is 11.3 Å². The molecule has 0 radical (unpaired) electrons. The molecule has 1 amide bonds. The third-order valence-electron chi connectivity index (χ3n) is 3.81. The number of hydrogen-bond acceptors (Lipinski definition) is 3. The summed E-state index contributed by atoms with van der Waals surface area (Å²) >= 11 is 1.22. The smallest absolute Gasteiger partial charge is 0.308 e. The number of thiazole rings is 1. The van der Waals surface area contributed by atoms with Crippen molar-refractivity contribution in [2.75, 3.05) is 0 Å². The zero-order valence-electron chi connectivity index (χ0n) is 12.9. The van der Waals surface area contributed by atoms with Crippen molar-refractivity contribution >= 4 is 27.5 Å². The Morgan fingerprint density at radius 2 is 1.83 bits per heavy atom. The van der Waals surface area contributed by atoms with Gasteiger partial charge in [0.15, 0.2) is 0 Å². The first-order valence-corrected chi connectivity index (χ1v) is 8.39. The summed E-state index contributed by atoms with van der Waals surface area (Å²) in [6.07, 6.45) is 0.289. The normalized spacial score (nSPS) is 12.2. The first-order chi connectivity index (χ1) is 11.1. The number of carbonyl (C=O) groups excluding carboxylic acids is 1. The molecule has 0 aliphatic heterocycles. The van der Waals surface area contributed by atoms with Gasteiger partial charge in [-0.05, 0) is 24.6 Å². The summed E-state index contributed by atoms with van der Waals surface area (Å²) in [5.74, 6) is -0.0523. The number of fused-ring (bicyclic) bond motifs is 1. The maximum atomic E-state index is 12.1. The molecule has 1 heterocycles. The zero-order valence-corrected chi connectivity index (χ0v) is 13.7. The summed E-state index contributed by atoms with van der Waals surface area (Å²) in [7, 11) is 0. The quantitative estimate of drug-likeness (QED) is 0.782. The lowest BCUT2D eigenvalue weighted by Crippen LogP contribution is -2.28. The number of para-hydroxylation sites is 1. The van der Waals surface area contributed by atoms with Gasteiger partial charge in [-0.15, -0.1) is 0 Å². The number of aromatic nitrogens is 1. The van der Waals surface area contributed by atoms with Crippen LogP contribution < -0.4 is 10.2 Å². The van der Waals surface area contributed by atoms with Crippen molar-refractivity contribution in [3.8, 4) is 0 Å². The third-order valence-corrected chi connectivity index (χ3v) is 4.77. The molecule has 4 nitrogen and oxygen atoms in total. The predicted octanol–water partition coefficient (Wildman–Crippen LogP) is 3.33. The van der Waals surface area contributed by atoms with E-state index < -0.39 is 0 Å². The minimum absolute atomic E-state index is 0.0184. The van der Waals surface area contributed by atoms with Gasteiger partial charge in [-0.25, -0.2) is 0 Å². The molecule has 23 heavy (non-hydrogen) atoms. The number of aryl methyl sites for hydroxylation is 1. The average molecular weight is 326 g/mol. The van der Waals surface area contributed by atoms with E-state index in [1.807, 2.05) is 61.5 Å². The standard InChI is InChI=1S/C18H18N2O2S/c1-13(14-7-3-2-4-8-14)19-17(21)11-12-20-15-9-5-6-10-16(15)23-18(20)22/h2-10,13H,11-12H2,1H3,(H,19,21). The highest BCUT2D eigenvalue weighted by Gasteiger charge is 2.11. The van der Waals surface area contributed by atoms with Crippen molar-refractivity contribution in [3.05, 3.63) is 69.8 Å². The summed E-state index contributed by atoms with van der Waals surface area (Å²) < 4.78 is 2.63. The van der Waals surface area contributed by atoms with Gasteiger partial charge in [0.25, 0.3) is 0 Å². The van der Waals surface area contributed by atoms with Gasteiger partial charge in [-0.1, -0.05) is 53.8 Å². The monoisotopic (exact) mass is 326 g/mol. The Hall–Kier alpha value is -2.40. The molecule has 1 aromatic heterocycles. The molecule has 0 bridgehead atoms. The van der Waals surface area contributed by atoms with Crippen LogP contribution in [0.3, 0.4) is 0 Å². The van der Waals surface area contributed by atoms with Gasteiger partial charge in [0.1, 0.15) is 0 Å². The van der Waals surface area contributed by atoms with E-state index in [4.69, 9.17) is 0 Å². The highest BCUT2D eigenvalue weighted by Crippen LogP contribution is 2.17. The largest absolute Gasteiger partial charge is 0.350 e. The van der Waals surface area contributed by atoms with Crippen LogP contribution in [0.25, 0.3) is 10.2 Å². The molecular formula is C18H18N2O2S. The summed E-state index contributed by atoms with van der Waals surface area (Å²) in [4.78, 5) is 24.2. The lowest BCUT2D eigenvalue weighted by atomic mass is 10.1. The second kappa shape index (κ2) is 6.79. The number of amides is 1. The Morgan fingerprint density at radius 1 is 1.13 bits per heavy atom. The highest BCUT2D eigenvalue weighted by molar-refractivity contribution is 7.16. The fraction of sp³-hybridized carbons (Fsp3) is 0.222. The molecule has 3 aromatic rings.